The van der Waals surface area contributed by atoms with Crippen LogP contribution in [0.3, 0.4) is 0 Å². The van der Waals surface area contributed by atoms with Gasteiger partial charge in [0.1, 0.15) is 11.5 Å². The lowest BCUT2D eigenvalue weighted by atomic mass is 10.0. The molecule has 1 aliphatic carbocycles. The molecule has 0 bridgehead atoms. The predicted molar refractivity (Wildman–Crippen MR) is 129 cm³/mol. The lowest BCUT2D eigenvalue weighted by Gasteiger charge is -2.12. The molecule has 6 rings (SSSR count). The number of nitrogens with zero attached hydrogens (tertiary/aromatic N) is 6. The summed E-state index contributed by atoms with van der Waals surface area (Å²) in [6.45, 7) is -0.649. The summed E-state index contributed by atoms with van der Waals surface area (Å²) in [5.41, 5.74) is 3.26. The highest BCUT2D eigenvalue weighted by Gasteiger charge is 2.42. The van der Waals surface area contributed by atoms with E-state index in [1.54, 1.807) is 12.1 Å². The minimum absolute atomic E-state index is 0.0254. The number of alkyl halides is 2. The van der Waals surface area contributed by atoms with Crippen LogP contribution in [0.1, 0.15) is 39.9 Å². The number of benzene rings is 1. The van der Waals surface area contributed by atoms with Crippen LogP contribution in [0.25, 0.3) is 16.9 Å². The normalized spacial score (nSPS) is 22.6. The van der Waals surface area contributed by atoms with Crippen LogP contribution in [-0.2, 0) is 0 Å². The zero-order valence-corrected chi connectivity index (χ0v) is 20.5. The van der Waals surface area contributed by atoms with Crippen molar-refractivity contribution < 1.29 is 27.4 Å². The topological polar surface area (TPSA) is 94.7 Å². The lowest BCUT2D eigenvalue weighted by molar-refractivity contribution is 0.0773. The third-order valence-corrected chi connectivity index (χ3v) is 7.01. The van der Waals surface area contributed by atoms with E-state index in [4.69, 9.17) is 9.47 Å². The molecule has 0 N–H and O–H groups in total. The molecule has 4 heterocycles. The molecule has 4 atom stereocenters. The van der Waals surface area contributed by atoms with Gasteiger partial charge >= 0.3 is 6.01 Å². The third kappa shape index (κ3) is 4.19. The van der Waals surface area contributed by atoms with E-state index in [9.17, 15) is 18.0 Å². The van der Waals surface area contributed by atoms with Crippen molar-refractivity contribution in [1.29, 1.82) is 0 Å². The number of hydrogen-bond donors (Lipinski definition) is 0. The molecular weight excluding hydrogens is 501 g/mol. The molecular formula is C26H23F3N6O3. The Hall–Kier alpha value is -4.22. The second kappa shape index (κ2) is 9.26. The van der Waals surface area contributed by atoms with Gasteiger partial charge in [0, 0.05) is 11.8 Å². The van der Waals surface area contributed by atoms with Gasteiger partial charge in [0.2, 0.25) is 5.88 Å². The van der Waals surface area contributed by atoms with Gasteiger partial charge in [-0.3, -0.25) is 4.79 Å². The van der Waals surface area contributed by atoms with Crippen LogP contribution in [-0.4, -0.2) is 75.0 Å². The molecule has 196 valence electrons. The number of carbonyl (C=O) groups excluding carboxylic acids is 1. The molecule has 1 aliphatic heterocycles. The zero-order valence-electron chi connectivity index (χ0n) is 20.5. The van der Waals surface area contributed by atoms with Crippen molar-refractivity contribution in [3.8, 4) is 23.1 Å². The van der Waals surface area contributed by atoms with Crippen molar-refractivity contribution in [2.75, 3.05) is 27.3 Å². The van der Waals surface area contributed by atoms with Crippen LogP contribution in [0.4, 0.5) is 13.2 Å². The first-order chi connectivity index (χ1) is 18.4. The molecule has 0 unspecified atom stereocenters. The average molecular weight is 525 g/mol. The van der Waals surface area contributed by atoms with Crippen molar-refractivity contribution in [2.24, 2.45) is 0 Å². The van der Waals surface area contributed by atoms with Crippen LogP contribution in [0.2, 0.25) is 0 Å². The van der Waals surface area contributed by atoms with Gasteiger partial charge in [0.05, 0.1) is 44.8 Å². The lowest BCUT2D eigenvalue weighted by Crippen LogP contribution is -2.29. The summed E-state index contributed by atoms with van der Waals surface area (Å²) in [5, 5.41) is 4.63. The maximum absolute atomic E-state index is 13.8. The van der Waals surface area contributed by atoms with Crippen molar-refractivity contribution in [3.63, 3.8) is 0 Å². The van der Waals surface area contributed by atoms with Crippen LogP contribution in [0.5, 0.6) is 11.9 Å². The number of methoxy groups -OCH3 is 2. The fourth-order valence-corrected chi connectivity index (χ4v) is 4.96. The largest absolute Gasteiger partial charge is 0.480 e. The smallest absolute Gasteiger partial charge is 0.319 e. The highest BCUT2D eigenvalue weighted by Crippen LogP contribution is 2.55. The molecule has 3 aromatic heterocycles. The SMILES string of the molecule is COc1ncc(-c2cc([C@H]3C[C@@H]3c3ccc(F)cc3)c3nc(C(=O)N4C[C@@H](F)[C@@H](F)C4)cn3n2)c(OC)n1. The Morgan fingerprint density at radius 3 is 2.45 bits per heavy atom. The number of aromatic nitrogens is 5. The minimum atomic E-state index is -1.72. The van der Waals surface area contributed by atoms with Gasteiger partial charge in [-0.15, -0.1) is 0 Å². The number of fused-ring (bicyclic) bond motifs is 1. The van der Waals surface area contributed by atoms with Crippen molar-refractivity contribution in [2.45, 2.75) is 30.6 Å². The Labute approximate surface area is 215 Å². The van der Waals surface area contributed by atoms with Crippen LogP contribution >= 0.6 is 0 Å². The van der Waals surface area contributed by atoms with Gasteiger partial charge in [-0.2, -0.15) is 10.1 Å². The van der Waals surface area contributed by atoms with Gasteiger partial charge < -0.3 is 14.4 Å². The van der Waals surface area contributed by atoms with E-state index in [1.165, 1.54) is 43.3 Å². The summed E-state index contributed by atoms with van der Waals surface area (Å²) in [6, 6.07) is 8.35. The Kier molecular flexibility index (Phi) is 5.88. The Morgan fingerprint density at radius 2 is 1.76 bits per heavy atom. The highest BCUT2D eigenvalue weighted by molar-refractivity contribution is 5.93. The number of likely N-dealkylation sites (tertiary alicyclic amines) is 1. The molecule has 9 nitrogen and oxygen atoms in total. The van der Waals surface area contributed by atoms with Crippen molar-refractivity contribution >= 4 is 11.6 Å². The summed E-state index contributed by atoms with van der Waals surface area (Å²) in [6.07, 6.45) is 0.331. The molecule has 1 saturated carbocycles. The first-order valence-electron chi connectivity index (χ1n) is 12.0. The Morgan fingerprint density at radius 1 is 1.03 bits per heavy atom. The summed E-state index contributed by atoms with van der Waals surface area (Å²) in [7, 11) is 2.91. The first-order valence-corrected chi connectivity index (χ1v) is 12.0. The molecule has 0 spiro atoms. The van der Waals surface area contributed by atoms with E-state index >= 15 is 0 Å². The van der Waals surface area contributed by atoms with Crippen molar-refractivity contribution in [3.05, 3.63) is 65.4 Å². The fraction of sp³-hybridized carbons (Fsp3) is 0.346. The van der Waals surface area contributed by atoms with Gasteiger partial charge in [-0.05, 0) is 42.0 Å². The van der Waals surface area contributed by atoms with Crippen molar-refractivity contribution in [1.82, 2.24) is 29.5 Å². The number of rotatable bonds is 6. The number of carbonyl (C=O) groups is 1. The highest BCUT2D eigenvalue weighted by atomic mass is 19.2. The third-order valence-electron chi connectivity index (χ3n) is 7.01. The van der Waals surface area contributed by atoms with Gasteiger partial charge in [0.15, 0.2) is 18.0 Å². The van der Waals surface area contributed by atoms with Crippen LogP contribution < -0.4 is 9.47 Å². The van der Waals surface area contributed by atoms with E-state index in [-0.39, 0.29) is 48.3 Å². The molecule has 38 heavy (non-hydrogen) atoms. The molecule has 1 saturated heterocycles. The standard InChI is InChI=1S/C26H23F3N6O3/c1-37-24-18(9-30-26(32-24)38-2)21-8-17(16-7-15(16)13-3-5-14(27)6-4-13)23-31-22(12-35(23)33-21)25(36)34-10-19(28)20(29)11-34/h3-6,8-9,12,15-16,19-20H,7,10-11H2,1-2H3/t15-,16+,19-,20+/m1/s1. The monoisotopic (exact) mass is 524 g/mol. The Bertz CT molecular complexity index is 1520. The molecule has 1 aromatic carbocycles. The predicted octanol–water partition coefficient (Wildman–Crippen LogP) is 3.75. The number of amides is 1. The summed E-state index contributed by atoms with van der Waals surface area (Å²) in [4.78, 5) is 27.1. The first kappa shape index (κ1) is 24.1. The number of halogens is 3. The molecule has 12 heteroatoms. The van der Waals surface area contributed by atoms with Gasteiger partial charge in [-0.1, -0.05) is 12.1 Å². The Balaban J connectivity index is 1.44. The molecule has 1 amide bonds. The minimum Gasteiger partial charge on any atom is -0.480 e. The molecule has 2 fully saturated rings. The fourth-order valence-electron chi connectivity index (χ4n) is 4.96. The second-order valence-electron chi connectivity index (χ2n) is 9.40. The number of ether oxygens (including phenoxy) is 2. The maximum Gasteiger partial charge on any atom is 0.319 e. The van der Waals surface area contributed by atoms with Crippen LogP contribution in [0, 0.1) is 5.82 Å². The zero-order chi connectivity index (χ0) is 26.6. The van der Waals surface area contributed by atoms with E-state index in [2.05, 4.69) is 20.1 Å². The molecule has 2 aliphatic rings. The van der Waals surface area contributed by atoms with Gasteiger partial charge in [-0.25, -0.2) is 27.7 Å². The van der Waals surface area contributed by atoms with E-state index in [0.717, 1.165) is 22.4 Å². The molecule has 4 aromatic rings. The maximum atomic E-state index is 13.8. The summed E-state index contributed by atoms with van der Waals surface area (Å²) >= 11 is 0. The van der Waals surface area contributed by atoms with E-state index in [1.807, 2.05) is 6.07 Å². The quantitative estimate of drug-likeness (QED) is 0.379. The number of hydrogen-bond acceptors (Lipinski definition) is 7. The second-order valence-corrected chi connectivity index (χ2v) is 9.40. The summed E-state index contributed by atoms with van der Waals surface area (Å²) in [5.74, 6) is -0.482. The van der Waals surface area contributed by atoms with Gasteiger partial charge in [0.25, 0.3) is 5.91 Å². The number of imidazole rings is 1. The summed E-state index contributed by atoms with van der Waals surface area (Å²) < 4.78 is 53.0. The van der Waals surface area contributed by atoms with E-state index in [0.29, 0.717) is 16.9 Å². The average Bonchev–Trinajstić information content (AvgIpc) is 3.48. The van der Waals surface area contributed by atoms with E-state index < -0.39 is 18.3 Å². The molecule has 0 radical (unpaired) electrons. The van der Waals surface area contributed by atoms with Crippen LogP contribution in [0.15, 0.2) is 42.7 Å².